The van der Waals surface area contributed by atoms with Crippen LogP contribution in [-0.2, 0) is 53.0 Å². The number of halogens is 2. The predicted octanol–water partition coefficient (Wildman–Crippen LogP) is 1.93. The fraction of sp³-hybridized carbons (Fsp3) is 0.833. The summed E-state index contributed by atoms with van der Waals surface area (Å²) in [6.07, 6.45) is -2.84. The van der Waals surface area contributed by atoms with E-state index < -0.39 is 100 Å². The highest BCUT2D eigenvalue weighted by atomic mass is 32.2. The van der Waals surface area contributed by atoms with Gasteiger partial charge in [-0.3, -0.25) is 23.7 Å². The van der Waals surface area contributed by atoms with Crippen molar-refractivity contribution in [1.29, 1.82) is 0 Å². The molecule has 2 bridgehead atoms. The predicted molar refractivity (Wildman–Crippen MR) is 123 cm³/mol. The molecule has 3 aliphatic heterocycles. The van der Waals surface area contributed by atoms with E-state index in [-0.39, 0.29) is 5.92 Å². The molecule has 220 valence electrons. The Labute approximate surface area is 223 Å². The largest absolute Gasteiger partial charge is 0.459 e. The molecular weight excluding hydrogens is 550 g/mol. The molecule has 7 unspecified atom stereocenters. The Bertz CT molecular complexity index is 1120. The van der Waals surface area contributed by atoms with Crippen LogP contribution in [-0.4, -0.2) is 78.2 Å². The number of hydrogen-bond donors (Lipinski definition) is 1. The first-order chi connectivity index (χ1) is 18.0. The molecule has 39 heavy (non-hydrogen) atoms. The number of rotatable bonds is 10. The Hall–Kier alpha value is -2.39. The van der Waals surface area contributed by atoms with Crippen LogP contribution in [0.5, 0.6) is 0 Å². The van der Waals surface area contributed by atoms with Crippen LogP contribution in [0.25, 0.3) is 0 Å². The minimum absolute atomic E-state index is 0.159. The molecule has 3 heterocycles. The Morgan fingerprint density at radius 1 is 1.05 bits per heavy atom. The molecule has 0 aromatic rings. The minimum atomic E-state index is -5.83. The zero-order chi connectivity index (χ0) is 28.9. The lowest BCUT2D eigenvalue weighted by atomic mass is 9.77. The van der Waals surface area contributed by atoms with E-state index in [0.717, 1.165) is 32.1 Å². The molecule has 12 nitrogen and oxygen atoms in total. The third-order valence-electron chi connectivity index (χ3n) is 8.06. The number of alkyl halides is 2. The highest BCUT2D eigenvalue weighted by molar-refractivity contribution is 7.86. The first kappa shape index (κ1) is 29.6. The zero-order valence-corrected chi connectivity index (χ0v) is 22.5. The lowest BCUT2D eigenvalue weighted by Crippen LogP contribution is -2.50. The minimum Gasteiger partial charge on any atom is -0.459 e. The van der Waals surface area contributed by atoms with Crippen molar-refractivity contribution in [2.24, 2.45) is 17.8 Å². The maximum absolute atomic E-state index is 13.6. The monoisotopic (exact) mass is 582 g/mol. The summed E-state index contributed by atoms with van der Waals surface area (Å²) in [4.78, 5) is 50.2. The number of fused-ring (bicyclic) bond motifs is 1. The average Bonchev–Trinajstić information content (AvgIpc) is 3.46. The number of carbonyl (C=O) groups is 4. The van der Waals surface area contributed by atoms with E-state index in [9.17, 15) is 36.4 Å². The maximum Gasteiger partial charge on any atom is 0.405 e. The summed E-state index contributed by atoms with van der Waals surface area (Å²) in [5.41, 5.74) is -0.781. The second kappa shape index (κ2) is 10.5. The maximum atomic E-state index is 13.6. The smallest absolute Gasteiger partial charge is 0.405 e. The second-order valence-corrected chi connectivity index (χ2v) is 12.5. The van der Waals surface area contributed by atoms with Crippen LogP contribution in [0.3, 0.4) is 0 Å². The number of esters is 4. The normalized spacial score (nSPS) is 31.5. The van der Waals surface area contributed by atoms with Gasteiger partial charge in [-0.25, -0.2) is 0 Å². The van der Waals surface area contributed by atoms with Crippen molar-refractivity contribution in [3.05, 3.63) is 0 Å². The lowest BCUT2D eigenvalue weighted by molar-refractivity contribution is -0.176. The summed E-state index contributed by atoms with van der Waals surface area (Å²) in [5, 5.41) is -4.75. The Morgan fingerprint density at radius 2 is 1.67 bits per heavy atom. The molecule has 0 aromatic carbocycles. The SMILES string of the molecule is CC(OC(=O)CCC(=O)OC1C2OC(=O)C3C2OC1C3C(=O)OC(C)(C)C1CCCCC1)C(F)(F)S(=O)(=O)O. The van der Waals surface area contributed by atoms with Gasteiger partial charge >= 0.3 is 39.2 Å². The standard InChI is InChI=1S/C24H32F2O12S/c1-11(24(25,26)39(31,32)33)34-13(27)9-10-14(28)35-19-18-16(15-17(36-18)20(19)37-21(15)29)22(30)38-23(2,3)12-7-5-4-6-8-12/h11-12,15-20H,4-10H2,1-3H3,(H,31,32,33). The van der Waals surface area contributed by atoms with Gasteiger partial charge in [0, 0.05) is 0 Å². The van der Waals surface area contributed by atoms with E-state index >= 15 is 0 Å². The van der Waals surface area contributed by atoms with E-state index in [0.29, 0.717) is 6.92 Å². The third-order valence-corrected chi connectivity index (χ3v) is 9.07. The van der Waals surface area contributed by atoms with Gasteiger partial charge in [0.2, 0.25) is 0 Å². The summed E-state index contributed by atoms with van der Waals surface area (Å²) in [6.45, 7) is 4.22. The molecule has 0 amide bonds. The topological polar surface area (TPSA) is 169 Å². The molecule has 0 spiro atoms. The molecule has 4 fully saturated rings. The highest BCUT2D eigenvalue weighted by Crippen LogP contribution is 2.52. The van der Waals surface area contributed by atoms with E-state index in [1.807, 2.05) is 13.8 Å². The Kier molecular flexibility index (Phi) is 8.00. The van der Waals surface area contributed by atoms with Gasteiger partial charge in [0.25, 0.3) is 0 Å². The third kappa shape index (κ3) is 5.62. The number of carbonyl (C=O) groups excluding carboxylic acids is 4. The van der Waals surface area contributed by atoms with E-state index in [4.69, 9.17) is 23.5 Å². The van der Waals surface area contributed by atoms with Gasteiger partial charge in [0.05, 0.1) is 12.8 Å². The quantitative estimate of drug-likeness (QED) is 0.226. The molecule has 4 aliphatic rings. The average molecular weight is 583 g/mol. The van der Waals surface area contributed by atoms with Crippen molar-refractivity contribution < 1.29 is 64.6 Å². The molecule has 4 rings (SSSR count). The van der Waals surface area contributed by atoms with Gasteiger partial charge in [-0.05, 0) is 39.5 Å². The van der Waals surface area contributed by atoms with Gasteiger partial charge in [0.1, 0.15) is 29.6 Å². The summed E-state index contributed by atoms with van der Waals surface area (Å²) in [5.74, 6) is -5.45. The van der Waals surface area contributed by atoms with Crippen LogP contribution < -0.4 is 0 Å². The van der Waals surface area contributed by atoms with Crippen molar-refractivity contribution in [2.75, 3.05) is 0 Å². The second-order valence-electron chi connectivity index (χ2n) is 11.0. The van der Waals surface area contributed by atoms with Crippen molar-refractivity contribution >= 4 is 34.0 Å². The number of ether oxygens (including phenoxy) is 5. The van der Waals surface area contributed by atoms with Gasteiger partial charge in [-0.15, -0.1) is 0 Å². The first-order valence-corrected chi connectivity index (χ1v) is 14.3. The molecule has 1 saturated carbocycles. The summed E-state index contributed by atoms with van der Waals surface area (Å²) >= 11 is 0. The molecular formula is C24H32F2O12S. The zero-order valence-electron chi connectivity index (χ0n) is 21.7. The molecule has 1 aliphatic carbocycles. The molecule has 0 aromatic heterocycles. The van der Waals surface area contributed by atoms with Crippen LogP contribution in [0.1, 0.15) is 65.7 Å². The highest BCUT2D eigenvalue weighted by Gasteiger charge is 2.72. The Balaban J connectivity index is 1.35. The van der Waals surface area contributed by atoms with Crippen LogP contribution in [0.4, 0.5) is 8.78 Å². The van der Waals surface area contributed by atoms with Gasteiger partial charge < -0.3 is 23.7 Å². The van der Waals surface area contributed by atoms with Crippen LogP contribution >= 0.6 is 0 Å². The van der Waals surface area contributed by atoms with Gasteiger partial charge in [0.15, 0.2) is 18.3 Å². The molecule has 1 N–H and O–H groups in total. The fourth-order valence-electron chi connectivity index (χ4n) is 5.90. The molecule has 0 radical (unpaired) electrons. The molecule has 15 heteroatoms. The van der Waals surface area contributed by atoms with Crippen molar-refractivity contribution in [1.82, 2.24) is 0 Å². The Morgan fingerprint density at radius 3 is 2.28 bits per heavy atom. The van der Waals surface area contributed by atoms with E-state index in [1.54, 1.807) is 0 Å². The fourth-order valence-corrected chi connectivity index (χ4v) is 6.36. The van der Waals surface area contributed by atoms with Crippen molar-refractivity contribution in [3.63, 3.8) is 0 Å². The molecule has 7 atom stereocenters. The summed E-state index contributed by atoms with van der Waals surface area (Å²) in [7, 11) is -5.83. The van der Waals surface area contributed by atoms with Gasteiger partial charge in [-0.2, -0.15) is 17.2 Å². The van der Waals surface area contributed by atoms with Crippen LogP contribution in [0.15, 0.2) is 0 Å². The first-order valence-electron chi connectivity index (χ1n) is 12.9. The summed E-state index contributed by atoms with van der Waals surface area (Å²) in [6, 6.07) is 0. The van der Waals surface area contributed by atoms with E-state index in [2.05, 4.69) is 4.74 Å². The lowest BCUT2D eigenvalue weighted by Gasteiger charge is -2.38. The van der Waals surface area contributed by atoms with Crippen LogP contribution in [0.2, 0.25) is 0 Å². The van der Waals surface area contributed by atoms with Gasteiger partial charge in [-0.1, -0.05) is 19.3 Å². The van der Waals surface area contributed by atoms with Crippen LogP contribution in [0, 0.1) is 17.8 Å². The number of hydrogen-bond acceptors (Lipinski definition) is 11. The van der Waals surface area contributed by atoms with Crippen molar-refractivity contribution in [3.8, 4) is 0 Å². The van der Waals surface area contributed by atoms with E-state index in [1.165, 1.54) is 0 Å². The summed E-state index contributed by atoms with van der Waals surface area (Å²) < 4.78 is 84.0. The van der Waals surface area contributed by atoms with Crippen molar-refractivity contribution in [2.45, 2.75) is 107 Å². The molecule has 3 saturated heterocycles.